The first-order valence-electron chi connectivity index (χ1n) is 10.3. The maximum atomic E-state index is 13.0. The molecule has 0 unspecified atom stereocenters. The summed E-state index contributed by atoms with van der Waals surface area (Å²) in [5.41, 5.74) is 1.65. The van der Waals surface area contributed by atoms with Crippen LogP contribution < -0.4 is 10.1 Å². The topological polar surface area (TPSA) is 75.7 Å². The molecule has 0 spiro atoms. The molecule has 2 heterocycles. The Hall–Kier alpha value is -2.10. The van der Waals surface area contributed by atoms with Crippen molar-refractivity contribution in [3.05, 3.63) is 81.1 Å². The molecule has 0 saturated carbocycles. The van der Waals surface area contributed by atoms with Gasteiger partial charge in [-0.25, -0.2) is 8.42 Å². The number of nitrogens with one attached hydrogen (secondary N) is 1. The Bertz CT molecular complexity index is 1230. The molecule has 1 fully saturated rings. The molecule has 174 valence electrons. The molecule has 1 amide bonds. The molecule has 4 rings (SSSR count). The van der Waals surface area contributed by atoms with Gasteiger partial charge in [-0.2, -0.15) is 4.31 Å². The van der Waals surface area contributed by atoms with Gasteiger partial charge in [0.2, 0.25) is 5.91 Å². The molecule has 0 aliphatic carbocycles. The van der Waals surface area contributed by atoms with Crippen LogP contribution in [0.5, 0.6) is 5.75 Å². The van der Waals surface area contributed by atoms with Crippen LogP contribution in [-0.4, -0.2) is 31.2 Å². The summed E-state index contributed by atoms with van der Waals surface area (Å²) in [6, 6.07) is 17.3. The molecular formula is C23H22Cl2N2O4S2. The molecule has 2 aromatic carbocycles. The molecule has 0 bridgehead atoms. The molecule has 1 saturated heterocycles. The Morgan fingerprint density at radius 1 is 1.12 bits per heavy atom. The van der Waals surface area contributed by atoms with Crippen molar-refractivity contribution in [2.75, 3.05) is 6.54 Å². The lowest BCUT2D eigenvalue weighted by molar-refractivity contribution is -0.124. The van der Waals surface area contributed by atoms with E-state index in [2.05, 4.69) is 5.32 Å². The van der Waals surface area contributed by atoms with Gasteiger partial charge >= 0.3 is 0 Å². The van der Waals surface area contributed by atoms with E-state index in [0.717, 1.165) is 28.2 Å². The fourth-order valence-electron chi connectivity index (χ4n) is 3.65. The Labute approximate surface area is 207 Å². The van der Waals surface area contributed by atoms with Gasteiger partial charge in [-0.1, -0.05) is 53.5 Å². The molecule has 0 radical (unpaired) electrons. The Morgan fingerprint density at radius 3 is 2.61 bits per heavy atom. The molecule has 6 nitrogen and oxygen atoms in total. The lowest BCUT2D eigenvalue weighted by atomic mass is 10.1. The normalized spacial score (nSPS) is 16.6. The van der Waals surface area contributed by atoms with Crippen LogP contribution in [-0.2, 0) is 28.0 Å². The van der Waals surface area contributed by atoms with E-state index < -0.39 is 16.1 Å². The second-order valence-corrected chi connectivity index (χ2v) is 11.8. The van der Waals surface area contributed by atoms with Gasteiger partial charge in [0.05, 0.1) is 4.34 Å². The van der Waals surface area contributed by atoms with Gasteiger partial charge in [0.25, 0.3) is 10.0 Å². The Balaban J connectivity index is 1.37. The van der Waals surface area contributed by atoms with Gasteiger partial charge < -0.3 is 10.1 Å². The van der Waals surface area contributed by atoms with Crippen molar-refractivity contribution in [3.8, 4) is 5.75 Å². The van der Waals surface area contributed by atoms with Crippen molar-refractivity contribution < 1.29 is 17.9 Å². The number of para-hydroxylation sites is 1. The van der Waals surface area contributed by atoms with Crippen LogP contribution in [0.3, 0.4) is 0 Å². The number of hydrogen-bond acceptors (Lipinski definition) is 5. The van der Waals surface area contributed by atoms with E-state index in [-0.39, 0.29) is 16.7 Å². The molecular weight excluding hydrogens is 503 g/mol. The van der Waals surface area contributed by atoms with Gasteiger partial charge in [-0.05, 0) is 54.3 Å². The Morgan fingerprint density at radius 2 is 1.91 bits per heavy atom. The van der Waals surface area contributed by atoms with Crippen LogP contribution in [0.1, 0.15) is 24.0 Å². The quantitative estimate of drug-likeness (QED) is 0.444. The zero-order valence-electron chi connectivity index (χ0n) is 17.5. The van der Waals surface area contributed by atoms with Crippen LogP contribution in [0.2, 0.25) is 9.36 Å². The van der Waals surface area contributed by atoms with E-state index >= 15 is 0 Å². The SMILES string of the molecule is O=C(NCc1ccc(COc2ccccc2)cc1Cl)[C@@H]1CCCN1S(=O)(=O)c1ccc(Cl)s1. The second kappa shape index (κ2) is 10.4. The first-order chi connectivity index (χ1) is 15.8. The largest absolute Gasteiger partial charge is 0.489 e. The first kappa shape index (κ1) is 24.0. The molecule has 1 atom stereocenters. The van der Waals surface area contributed by atoms with Crippen LogP contribution in [0.15, 0.2) is 64.9 Å². The average molecular weight is 525 g/mol. The number of thiophene rings is 1. The van der Waals surface area contributed by atoms with Gasteiger partial charge in [-0.15, -0.1) is 11.3 Å². The van der Waals surface area contributed by atoms with Crippen LogP contribution in [0.4, 0.5) is 0 Å². The number of amides is 1. The number of halogens is 2. The molecule has 1 aliphatic rings. The smallest absolute Gasteiger partial charge is 0.253 e. The van der Waals surface area contributed by atoms with Gasteiger partial charge in [0.1, 0.15) is 22.6 Å². The summed E-state index contributed by atoms with van der Waals surface area (Å²) in [5, 5.41) is 3.34. The number of carbonyl (C=O) groups is 1. The minimum atomic E-state index is -3.77. The van der Waals surface area contributed by atoms with Crippen LogP contribution in [0.25, 0.3) is 0 Å². The molecule has 10 heteroatoms. The summed E-state index contributed by atoms with van der Waals surface area (Å²) in [4.78, 5) is 12.8. The third-order valence-corrected chi connectivity index (χ3v) is 9.30. The predicted molar refractivity (Wildman–Crippen MR) is 130 cm³/mol. The van der Waals surface area contributed by atoms with Crippen molar-refractivity contribution in [2.45, 2.75) is 36.2 Å². The van der Waals surface area contributed by atoms with Gasteiger partial charge in [-0.3, -0.25) is 4.79 Å². The van der Waals surface area contributed by atoms with Gasteiger partial charge in [0, 0.05) is 18.1 Å². The summed E-state index contributed by atoms with van der Waals surface area (Å²) in [7, 11) is -3.77. The summed E-state index contributed by atoms with van der Waals surface area (Å²) in [5.74, 6) is 0.428. The van der Waals surface area contributed by atoms with Crippen molar-refractivity contribution in [1.82, 2.24) is 9.62 Å². The van der Waals surface area contributed by atoms with Crippen LogP contribution in [0, 0.1) is 0 Å². The van der Waals surface area contributed by atoms with Crippen LogP contribution >= 0.6 is 34.5 Å². The number of sulfonamides is 1. The zero-order chi connectivity index (χ0) is 23.4. The van der Waals surface area contributed by atoms with Crippen molar-refractivity contribution >= 4 is 50.5 Å². The maximum Gasteiger partial charge on any atom is 0.253 e. The highest BCUT2D eigenvalue weighted by Crippen LogP contribution is 2.32. The van der Waals surface area contributed by atoms with Crippen molar-refractivity contribution in [3.63, 3.8) is 0 Å². The minimum Gasteiger partial charge on any atom is -0.489 e. The third kappa shape index (κ3) is 5.70. The summed E-state index contributed by atoms with van der Waals surface area (Å²) in [6.07, 6.45) is 1.08. The number of carbonyl (C=O) groups excluding carboxylic acids is 1. The monoisotopic (exact) mass is 524 g/mol. The molecule has 1 aliphatic heterocycles. The number of hydrogen-bond donors (Lipinski definition) is 1. The van der Waals surface area contributed by atoms with E-state index in [1.54, 1.807) is 12.1 Å². The number of ether oxygens (including phenoxy) is 1. The average Bonchev–Trinajstić information content (AvgIpc) is 3.48. The summed E-state index contributed by atoms with van der Waals surface area (Å²) >= 11 is 13.3. The minimum absolute atomic E-state index is 0.142. The fraction of sp³-hybridized carbons (Fsp3) is 0.261. The highest BCUT2D eigenvalue weighted by atomic mass is 35.5. The van der Waals surface area contributed by atoms with Crippen molar-refractivity contribution in [2.24, 2.45) is 0 Å². The second-order valence-electron chi connectivity index (χ2n) is 7.58. The highest BCUT2D eigenvalue weighted by molar-refractivity contribution is 7.91. The number of nitrogens with zero attached hydrogens (tertiary/aromatic N) is 1. The lowest BCUT2D eigenvalue weighted by Gasteiger charge is -2.22. The first-order valence-corrected chi connectivity index (χ1v) is 13.4. The fourth-order valence-corrected chi connectivity index (χ4v) is 7.19. The lowest BCUT2D eigenvalue weighted by Crippen LogP contribution is -2.45. The standard InChI is InChI=1S/C23H22Cl2N2O4S2/c24-19-13-16(15-31-18-5-2-1-3-6-18)8-9-17(19)14-26-23(28)20-7-4-12-27(20)33(29,30)22-11-10-21(25)32-22/h1-3,5-6,8-11,13,20H,4,7,12,14-15H2,(H,26,28)/t20-/m0/s1. The predicted octanol–water partition coefficient (Wildman–Crippen LogP) is 5.10. The van der Waals surface area contributed by atoms with Crippen molar-refractivity contribution in [1.29, 1.82) is 0 Å². The van der Waals surface area contributed by atoms with E-state index in [4.69, 9.17) is 27.9 Å². The molecule has 1 aromatic heterocycles. The highest BCUT2D eigenvalue weighted by Gasteiger charge is 2.40. The molecule has 33 heavy (non-hydrogen) atoms. The third-order valence-electron chi connectivity index (χ3n) is 5.34. The van der Waals surface area contributed by atoms with Gasteiger partial charge in [0.15, 0.2) is 0 Å². The van der Waals surface area contributed by atoms with E-state index in [1.807, 2.05) is 42.5 Å². The Kier molecular flexibility index (Phi) is 7.61. The van der Waals surface area contributed by atoms with E-state index in [0.29, 0.717) is 35.4 Å². The summed E-state index contributed by atoms with van der Waals surface area (Å²) < 4.78 is 33.4. The maximum absolute atomic E-state index is 13.0. The number of benzene rings is 2. The molecule has 1 N–H and O–H groups in total. The van der Waals surface area contributed by atoms with E-state index in [9.17, 15) is 13.2 Å². The summed E-state index contributed by atoms with van der Waals surface area (Å²) in [6.45, 7) is 0.873. The molecule has 3 aromatic rings. The van der Waals surface area contributed by atoms with E-state index in [1.165, 1.54) is 10.4 Å². The number of rotatable bonds is 8. The zero-order valence-corrected chi connectivity index (χ0v) is 20.7.